The summed E-state index contributed by atoms with van der Waals surface area (Å²) < 4.78 is 0.826. The Labute approximate surface area is 97.3 Å². The summed E-state index contributed by atoms with van der Waals surface area (Å²) in [6, 6.07) is 0. The van der Waals surface area contributed by atoms with Gasteiger partial charge in [-0.1, -0.05) is 12.8 Å². The molecule has 2 rings (SSSR count). The summed E-state index contributed by atoms with van der Waals surface area (Å²) in [4.78, 5) is 7.97. The Morgan fingerprint density at radius 3 is 2.87 bits per heavy atom. The van der Waals surface area contributed by atoms with Crippen molar-refractivity contribution in [2.45, 2.75) is 31.3 Å². The first kappa shape index (κ1) is 10.8. The highest BCUT2D eigenvalue weighted by Crippen LogP contribution is 2.30. The first-order chi connectivity index (χ1) is 7.20. The van der Waals surface area contributed by atoms with Crippen LogP contribution in [-0.2, 0) is 0 Å². The van der Waals surface area contributed by atoms with Crippen molar-refractivity contribution < 1.29 is 5.11 Å². The summed E-state index contributed by atoms with van der Waals surface area (Å²) in [5.74, 6) is 0.741. The van der Waals surface area contributed by atoms with Crippen LogP contribution in [0.2, 0.25) is 0 Å². The third kappa shape index (κ3) is 2.66. The number of aliphatic hydroxyl groups is 1. The summed E-state index contributed by atoms with van der Waals surface area (Å²) in [5, 5.41) is 13.3. The monoisotopic (exact) mass is 271 g/mol. The number of aromatic nitrogens is 2. The van der Waals surface area contributed by atoms with Gasteiger partial charge in [-0.25, -0.2) is 9.97 Å². The van der Waals surface area contributed by atoms with Crippen LogP contribution in [0.4, 0.5) is 5.82 Å². The molecule has 0 bridgehead atoms. The molecular formula is C10H14BrN3O. The Morgan fingerprint density at radius 1 is 1.47 bits per heavy atom. The van der Waals surface area contributed by atoms with Gasteiger partial charge in [0, 0.05) is 12.7 Å². The van der Waals surface area contributed by atoms with Crippen molar-refractivity contribution in [1.82, 2.24) is 9.97 Å². The molecule has 1 fully saturated rings. The molecule has 1 aliphatic rings. The SMILES string of the molecule is OC1(CNc2ncncc2Br)CCCC1. The molecule has 0 saturated heterocycles. The maximum absolute atomic E-state index is 10.1. The smallest absolute Gasteiger partial charge is 0.143 e. The Bertz CT molecular complexity index is 339. The molecular weight excluding hydrogens is 258 g/mol. The molecule has 5 heteroatoms. The van der Waals surface area contributed by atoms with Crippen molar-refractivity contribution in [2.75, 3.05) is 11.9 Å². The molecule has 0 amide bonds. The lowest BCUT2D eigenvalue weighted by Crippen LogP contribution is -2.33. The number of hydrogen-bond donors (Lipinski definition) is 2. The van der Waals surface area contributed by atoms with Crippen LogP contribution < -0.4 is 5.32 Å². The number of rotatable bonds is 3. The molecule has 0 aliphatic heterocycles. The van der Waals surface area contributed by atoms with Gasteiger partial charge in [-0.3, -0.25) is 0 Å². The first-order valence-corrected chi connectivity index (χ1v) is 5.91. The molecule has 1 saturated carbocycles. The minimum atomic E-state index is -0.551. The van der Waals surface area contributed by atoms with Crippen LogP contribution in [0.15, 0.2) is 17.0 Å². The second kappa shape index (κ2) is 4.45. The summed E-state index contributed by atoms with van der Waals surface area (Å²) in [6.07, 6.45) is 7.16. The van der Waals surface area contributed by atoms with E-state index in [1.54, 1.807) is 6.20 Å². The molecule has 1 aromatic rings. The molecule has 15 heavy (non-hydrogen) atoms. The molecule has 1 aliphatic carbocycles. The van der Waals surface area contributed by atoms with Gasteiger partial charge in [0.25, 0.3) is 0 Å². The van der Waals surface area contributed by atoms with Crippen LogP contribution in [-0.4, -0.2) is 27.2 Å². The van der Waals surface area contributed by atoms with Gasteiger partial charge >= 0.3 is 0 Å². The fourth-order valence-corrected chi connectivity index (χ4v) is 2.26. The molecule has 0 spiro atoms. The van der Waals surface area contributed by atoms with Crippen molar-refractivity contribution >= 4 is 21.7 Å². The van der Waals surface area contributed by atoms with Crippen molar-refractivity contribution in [3.8, 4) is 0 Å². The van der Waals surface area contributed by atoms with E-state index in [4.69, 9.17) is 0 Å². The zero-order valence-electron chi connectivity index (χ0n) is 8.41. The maximum atomic E-state index is 10.1. The minimum absolute atomic E-state index is 0.551. The first-order valence-electron chi connectivity index (χ1n) is 5.11. The number of nitrogens with zero attached hydrogens (tertiary/aromatic N) is 2. The quantitative estimate of drug-likeness (QED) is 0.883. The second-order valence-corrected chi connectivity index (χ2v) is 4.86. The minimum Gasteiger partial charge on any atom is -0.388 e. The standard InChI is InChI=1S/C10H14BrN3O/c11-8-5-12-7-14-9(8)13-6-10(15)3-1-2-4-10/h5,7,15H,1-4,6H2,(H,12,13,14). The average molecular weight is 272 g/mol. The zero-order valence-corrected chi connectivity index (χ0v) is 10.00. The van der Waals surface area contributed by atoms with Crippen molar-refractivity contribution in [1.29, 1.82) is 0 Å². The molecule has 0 unspecified atom stereocenters. The molecule has 0 radical (unpaired) electrons. The zero-order chi connectivity index (χ0) is 10.7. The third-order valence-electron chi connectivity index (χ3n) is 2.79. The molecule has 0 atom stereocenters. The lowest BCUT2D eigenvalue weighted by Gasteiger charge is -2.22. The Kier molecular flexibility index (Phi) is 3.21. The fraction of sp³-hybridized carbons (Fsp3) is 0.600. The number of halogens is 1. The van der Waals surface area contributed by atoms with Gasteiger partial charge in [0.05, 0.1) is 10.1 Å². The molecule has 0 aromatic carbocycles. The summed E-state index contributed by atoms with van der Waals surface area (Å²) in [7, 11) is 0. The van der Waals surface area contributed by atoms with E-state index in [-0.39, 0.29) is 0 Å². The van der Waals surface area contributed by atoms with Gasteiger partial charge in [0.15, 0.2) is 0 Å². The van der Waals surface area contributed by atoms with Gasteiger partial charge in [-0.05, 0) is 28.8 Å². The largest absolute Gasteiger partial charge is 0.388 e. The summed E-state index contributed by atoms with van der Waals surface area (Å²) in [6.45, 7) is 0.558. The number of nitrogens with one attached hydrogen (secondary N) is 1. The van der Waals surface area contributed by atoms with Crippen LogP contribution in [0.25, 0.3) is 0 Å². The van der Waals surface area contributed by atoms with E-state index >= 15 is 0 Å². The van der Waals surface area contributed by atoms with Gasteiger partial charge in [0.2, 0.25) is 0 Å². The van der Waals surface area contributed by atoms with E-state index in [9.17, 15) is 5.11 Å². The molecule has 1 aromatic heterocycles. The number of anilines is 1. The van der Waals surface area contributed by atoms with Crippen LogP contribution in [0.3, 0.4) is 0 Å². The number of hydrogen-bond acceptors (Lipinski definition) is 4. The van der Waals surface area contributed by atoms with Crippen molar-refractivity contribution in [3.63, 3.8) is 0 Å². The predicted octanol–water partition coefficient (Wildman–Crippen LogP) is 1.96. The lowest BCUT2D eigenvalue weighted by molar-refractivity contribution is 0.0614. The lowest BCUT2D eigenvalue weighted by atomic mass is 10.0. The predicted molar refractivity (Wildman–Crippen MR) is 61.6 cm³/mol. The maximum Gasteiger partial charge on any atom is 0.143 e. The van der Waals surface area contributed by atoms with Gasteiger partial charge in [0.1, 0.15) is 12.1 Å². The highest BCUT2D eigenvalue weighted by atomic mass is 79.9. The van der Waals surface area contributed by atoms with Crippen molar-refractivity contribution in [3.05, 3.63) is 17.0 Å². The van der Waals surface area contributed by atoms with Gasteiger partial charge in [-0.2, -0.15) is 0 Å². The van der Waals surface area contributed by atoms with Crippen LogP contribution in [0, 0.1) is 0 Å². The Balaban J connectivity index is 1.95. The Hall–Kier alpha value is -0.680. The van der Waals surface area contributed by atoms with Crippen LogP contribution in [0.5, 0.6) is 0 Å². The van der Waals surface area contributed by atoms with Crippen LogP contribution >= 0.6 is 15.9 Å². The van der Waals surface area contributed by atoms with Gasteiger partial charge in [-0.15, -0.1) is 0 Å². The fourth-order valence-electron chi connectivity index (χ4n) is 1.90. The third-order valence-corrected chi connectivity index (χ3v) is 3.37. The average Bonchev–Trinajstić information content (AvgIpc) is 2.65. The van der Waals surface area contributed by atoms with E-state index in [1.807, 2.05) is 0 Å². The van der Waals surface area contributed by atoms with E-state index < -0.39 is 5.60 Å². The highest BCUT2D eigenvalue weighted by Gasteiger charge is 2.30. The molecule has 4 nitrogen and oxygen atoms in total. The topological polar surface area (TPSA) is 58.0 Å². The van der Waals surface area contributed by atoms with Gasteiger partial charge < -0.3 is 10.4 Å². The van der Waals surface area contributed by atoms with E-state index in [0.717, 1.165) is 36.0 Å². The summed E-state index contributed by atoms with van der Waals surface area (Å²) >= 11 is 3.35. The van der Waals surface area contributed by atoms with E-state index in [0.29, 0.717) is 6.54 Å². The normalized spacial score (nSPS) is 19.1. The van der Waals surface area contributed by atoms with Crippen molar-refractivity contribution in [2.24, 2.45) is 0 Å². The summed E-state index contributed by atoms with van der Waals surface area (Å²) in [5.41, 5.74) is -0.551. The molecule has 2 N–H and O–H groups in total. The van der Waals surface area contributed by atoms with E-state index in [2.05, 4.69) is 31.2 Å². The molecule has 82 valence electrons. The highest BCUT2D eigenvalue weighted by molar-refractivity contribution is 9.10. The Morgan fingerprint density at radius 2 is 2.20 bits per heavy atom. The second-order valence-electron chi connectivity index (χ2n) is 4.00. The van der Waals surface area contributed by atoms with E-state index in [1.165, 1.54) is 6.33 Å². The van der Waals surface area contributed by atoms with Crippen LogP contribution in [0.1, 0.15) is 25.7 Å². The molecule has 1 heterocycles.